The van der Waals surface area contributed by atoms with Gasteiger partial charge >= 0.3 is 44.2 Å². The van der Waals surface area contributed by atoms with E-state index < -0.39 is 44.2 Å². The van der Waals surface area contributed by atoms with Crippen molar-refractivity contribution in [2.75, 3.05) is 0 Å². The van der Waals surface area contributed by atoms with E-state index in [0.717, 1.165) is 0 Å². The van der Waals surface area contributed by atoms with Gasteiger partial charge in [0.1, 0.15) is 0 Å². The van der Waals surface area contributed by atoms with Gasteiger partial charge < -0.3 is 27.1 Å². The molecule has 0 N–H and O–H groups in total. The predicted molar refractivity (Wildman–Crippen MR) is 441 cm³/mol. The van der Waals surface area contributed by atoms with Gasteiger partial charge in [-0.05, 0) is 214 Å². The summed E-state index contributed by atoms with van der Waals surface area (Å²) in [6, 6.07) is 116. The first kappa shape index (κ1) is 70.8. The van der Waals surface area contributed by atoms with E-state index in [1.165, 1.54) is 0 Å². The van der Waals surface area contributed by atoms with Crippen LogP contribution in [0.3, 0.4) is 0 Å². The standard InChI is InChI=1S/C90H66O12P6/c91-103(67-37-13-1-14-38-67,68-39-15-2-16-40-68)97-85-61-79-80(62-86(85)98-104(92,69-41-17-3-18-42-69)70-43-19-4-20-44-70)82-64-88(100-106(94,73-49-25-7-26-50-73)74-51-27-8-28-52-74)90(102-108(96,77-57-33-11-34-58-77)78-59-35-12-36-60-78)66-84(82)83-65-89(101-107(95,75-53-29-9-30-54-75)76-55-31-10-32-56-76)87(63-81(79)83)99-105(93,71-45-21-5-22-46-71)72-47-23-6-24-48-72/h1-66H. The van der Waals surface area contributed by atoms with Crippen LogP contribution in [0, 0.1) is 0 Å². The van der Waals surface area contributed by atoms with E-state index in [0.29, 0.717) is 96.0 Å². The molecule has 0 fully saturated rings. The zero-order valence-electron chi connectivity index (χ0n) is 57.7. The van der Waals surface area contributed by atoms with Crippen LogP contribution >= 0.6 is 44.2 Å². The molecule has 16 rings (SSSR count). The molecule has 0 atom stereocenters. The van der Waals surface area contributed by atoms with Gasteiger partial charge in [0.2, 0.25) is 0 Å². The van der Waals surface area contributed by atoms with Crippen molar-refractivity contribution in [3.05, 3.63) is 400 Å². The second-order valence-electron chi connectivity index (χ2n) is 25.4. The lowest BCUT2D eigenvalue weighted by molar-refractivity contribution is 0.466. The molecule has 0 saturated carbocycles. The molecule has 0 saturated heterocycles. The second kappa shape index (κ2) is 30.0. The third-order valence-corrected chi connectivity index (χ3v) is 33.1. The molecular weight excluding hydrogens is 1460 g/mol. The van der Waals surface area contributed by atoms with Gasteiger partial charge in [0.25, 0.3) is 0 Å². The molecule has 0 aromatic heterocycles. The first-order chi connectivity index (χ1) is 52.7. The van der Waals surface area contributed by atoms with Crippen LogP contribution in [0.4, 0.5) is 0 Å². The van der Waals surface area contributed by atoms with E-state index in [4.69, 9.17) is 27.1 Å². The van der Waals surface area contributed by atoms with Crippen molar-refractivity contribution in [2.24, 2.45) is 0 Å². The second-order valence-corrected chi connectivity index (χ2v) is 39.3. The van der Waals surface area contributed by atoms with Crippen molar-refractivity contribution in [2.45, 2.75) is 0 Å². The molecular formula is C90H66O12P6. The van der Waals surface area contributed by atoms with Gasteiger partial charge in [-0.15, -0.1) is 0 Å². The third-order valence-electron chi connectivity index (χ3n) is 18.6. The van der Waals surface area contributed by atoms with Gasteiger partial charge in [-0.25, -0.2) is 0 Å². The summed E-state index contributed by atoms with van der Waals surface area (Å²) in [5, 5.41) is 6.00. The zero-order chi connectivity index (χ0) is 73.8. The Morgan fingerprint density at radius 2 is 0.213 bits per heavy atom. The Balaban J connectivity index is 1.08. The average molecular weight is 1530 g/mol. The van der Waals surface area contributed by atoms with Crippen molar-refractivity contribution in [3.63, 3.8) is 0 Å². The van der Waals surface area contributed by atoms with Crippen LogP contribution in [-0.2, 0) is 27.4 Å². The normalized spacial score (nSPS) is 12.1. The van der Waals surface area contributed by atoms with Crippen molar-refractivity contribution < 1.29 is 54.5 Å². The summed E-state index contributed by atoms with van der Waals surface area (Å²) < 4.78 is 145. The summed E-state index contributed by atoms with van der Waals surface area (Å²) in [4.78, 5) is 0. The zero-order valence-corrected chi connectivity index (χ0v) is 63.1. The monoisotopic (exact) mass is 1520 g/mol. The Bertz CT molecular complexity index is 4950. The molecule has 0 bridgehead atoms. The Hall–Kier alpha value is -11.5. The minimum absolute atomic E-state index is 0.119. The molecule has 0 unspecified atom stereocenters. The van der Waals surface area contributed by atoms with Crippen LogP contribution in [0.25, 0.3) is 32.3 Å². The van der Waals surface area contributed by atoms with Crippen LogP contribution in [0.15, 0.2) is 400 Å². The van der Waals surface area contributed by atoms with Crippen LogP contribution in [-0.4, -0.2) is 0 Å². The highest BCUT2D eigenvalue weighted by atomic mass is 31.2. The van der Waals surface area contributed by atoms with Crippen molar-refractivity contribution >= 4 is 140 Å². The average Bonchev–Trinajstić information content (AvgIpc) is 0.711. The topological polar surface area (TPSA) is 158 Å². The van der Waals surface area contributed by atoms with Crippen LogP contribution < -0.4 is 90.8 Å². The van der Waals surface area contributed by atoms with E-state index in [-0.39, 0.29) is 34.5 Å². The van der Waals surface area contributed by atoms with E-state index >= 15 is 27.4 Å². The van der Waals surface area contributed by atoms with Gasteiger partial charge in [0.05, 0.1) is 63.7 Å². The first-order valence-electron chi connectivity index (χ1n) is 34.7. The van der Waals surface area contributed by atoms with Gasteiger partial charge in [0.15, 0.2) is 34.5 Å². The SMILES string of the molecule is O=P(Oc1cc2c3cc(OP(=O)(c4ccccc4)c4ccccc4)c(OP(=O)(c4ccccc4)c4ccccc4)cc3c3cc(OP(=O)(c4ccccc4)c4ccccc4)c(OP(=O)(c4ccccc4)c4ccccc4)cc3c2cc1OP(=O)(c1ccccc1)c1ccccc1)(c1ccccc1)c1ccccc1. The highest BCUT2D eigenvalue weighted by molar-refractivity contribution is 7.76. The fourth-order valence-electron chi connectivity index (χ4n) is 13.3. The van der Waals surface area contributed by atoms with Gasteiger partial charge in [-0.2, -0.15) is 0 Å². The lowest BCUT2D eigenvalue weighted by atomic mass is 9.93. The lowest BCUT2D eigenvalue weighted by Crippen LogP contribution is -2.22. The van der Waals surface area contributed by atoms with E-state index in [1.54, 1.807) is 328 Å². The molecule has 18 heteroatoms. The molecule has 0 amide bonds. The molecule has 108 heavy (non-hydrogen) atoms. The van der Waals surface area contributed by atoms with Crippen LogP contribution in [0.5, 0.6) is 34.5 Å². The molecule has 12 nitrogen and oxygen atoms in total. The molecule has 528 valence electrons. The van der Waals surface area contributed by atoms with Crippen molar-refractivity contribution in [3.8, 4) is 34.5 Å². The lowest BCUT2D eigenvalue weighted by Gasteiger charge is -2.28. The molecule has 0 spiro atoms. The van der Waals surface area contributed by atoms with Crippen LogP contribution in [0.2, 0.25) is 0 Å². The Labute approximate surface area is 625 Å². The van der Waals surface area contributed by atoms with E-state index in [9.17, 15) is 0 Å². The van der Waals surface area contributed by atoms with Gasteiger partial charge in [-0.3, -0.25) is 27.4 Å². The number of benzene rings is 16. The highest BCUT2D eigenvalue weighted by Crippen LogP contribution is 2.60. The number of fused-ring (bicyclic) bond motifs is 6. The van der Waals surface area contributed by atoms with E-state index in [2.05, 4.69) is 0 Å². The van der Waals surface area contributed by atoms with Crippen LogP contribution in [0.1, 0.15) is 0 Å². The highest BCUT2D eigenvalue weighted by Gasteiger charge is 2.41. The summed E-state index contributed by atoms with van der Waals surface area (Å²) in [7, 11) is -25.9. The third kappa shape index (κ3) is 13.6. The quantitative estimate of drug-likeness (QED) is 0.0417. The van der Waals surface area contributed by atoms with E-state index in [1.807, 2.05) is 72.8 Å². The van der Waals surface area contributed by atoms with Gasteiger partial charge in [-0.1, -0.05) is 218 Å². The Kier molecular flexibility index (Phi) is 19.7. The maximum atomic E-state index is 16.8. The molecule has 16 aromatic rings. The van der Waals surface area contributed by atoms with Crippen molar-refractivity contribution in [1.29, 1.82) is 0 Å². The van der Waals surface area contributed by atoms with Gasteiger partial charge in [0, 0.05) is 0 Å². The molecule has 0 aliphatic heterocycles. The maximum Gasteiger partial charge on any atom is 0.306 e. The van der Waals surface area contributed by atoms with Crippen molar-refractivity contribution in [1.82, 2.24) is 0 Å². The molecule has 0 aliphatic rings. The summed E-state index contributed by atoms with van der Waals surface area (Å²) in [6.07, 6.45) is 0. The number of hydrogen-bond donors (Lipinski definition) is 0. The number of hydrogen-bond acceptors (Lipinski definition) is 12. The fourth-order valence-corrected chi connectivity index (χ4v) is 25.6. The minimum Gasteiger partial charge on any atom is -0.433 e. The summed E-state index contributed by atoms with van der Waals surface area (Å²) >= 11 is 0. The molecule has 0 heterocycles. The Morgan fingerprint density at radius 1 is 0.130 bits per heavy atom. The Morgan fingerprint density at radius 3 is 0.296 bits per heavy atom. The maximum absolute atomic E-state index is 16.8. The minimum atomic E-state index is -4.31. The first-order valence-corrected chi connectivity index (χ1v) is 44.5. The largest absolute Gasteiger partial charge is 0.433 e. The summed E-state index contributed by atoms with van der Waals surface area (Å²) in [5.41, 5.74) is 0. The molecule has 0 aliphatic carbocycles. The number of rotatable bonds is 24. The molecule has 0 radical (unpaired) electrons. The fraction of sp³-hybridized carbons (Fsp3) is 0. The summed E-state index contributed by atoms with van der Waals surface area (Å²) in [6.45, 7) is 0. The smallest absolute Gasteiger partial charge is 0.306 e. The molecule has 16 aromatic carbocycles. The predicted octanol–water partition coefficient (Wildman–Crippen LogP) is 19.0. The summed E-state index contributed by atoms with van der Waals surface area (Å²) in [5.74, 6) is -0.713.